The Hall–Kier alpha value is -0.610. The van der Waals surface area contributed by atoms with Crippen molar-refractivity contribution in [1.82, 2.24) is 0 Å². The van der Waals surface area contributed by atoms with Gasteiger partial charge in [0.1, 0.15) is 5.57 Å². The van der Waals surface area contributed by atoms with Gasteiger partial charge in [0.25, 0.3) is 6.08 Å². The van der Waals surface area contributed by atoms with E-state index in [4.69, 9.17) is 0 Å². The van der Waals surface area contributed by atoms with Crippen molar-refractivity contribution in [1.29, 1.82) is 0 Å². The number of rotatable bonds is 0. The molecule has 0 aromatic heterocycles. The fourth-order valence-electron chi connectivity index (χ4n) is 0.467. The highest BCUT2D eigenvalue weighted by Gasteiger charge is 2.68. The van der Waals surface area contributed by atoms with E-state index in [1.165, 1.54) is 0 Å². The van der Waals surface area contributed by atoms with Gasteiger partial charge in [0.2, 0.25) is 6.17 Å². The van der Waals surface area contributed by atoms with Gasteiger partial charge in [0.15, 0.2) is 0 Å². The third-order valence-electron chi connectivity index (χ3n) is 1.05. The van der Waals surface area contributed by atoms with Gasteiger partial charge in [-0.15, -0.1) is 0 Å². The molecule has 1 aliphatic rings. The molecule has 5 heteroatoms. The third kappa shape index (κ3) is 0.710. The Morgan fingerprint density at radius 2 is 1.67 bits per heavy atom. The number of allylic oxidation sites excluding steroid dienone is 1. The predicted molar refractivity (Wildman–Crippen MR) is 19.1 cm³/mol. The molecule has 0 aromatic carbocycles. The predicted octanol–water partition coefficient (Wildman–Crippen LogP) is 2.12. The molecule has 0 heterocycles. The van der Waals surface area contributed by atoms with E-state index in [0.29, 0.717) is 0 Å². The summed E-state index contributed by atoms with van der Waals surface area (Å²) in [5.41, 5.74) is -1.66. The van der Waals surface area contributed by atoms with Crippen LogP contribution in [-0.4, -0.2) is 12.1 Å². The first-order valence-electron chi connectivity index (χ1n) is 2.05. The van der Waals surface area contributed by atoms with Crippen LogP contribution in [0.1, 0.15) is 0 Å². The summed E-state index contributed by atoms with van der Waals surface area (Å²) >= 11 is 0. The van der Waals surface area contributed by atoms with Crippen LogP contribution in [0.3, 0.4) is 0 Å². The highest BCUT2D eigenvalue weighted by atomic mass is 19.3. The minimum atomic E-state index is -3.89. The van der Waals surface area contributed by atoms with Crippen molar-refractivity contribution in [3.8, 4) is 0 Å². The molecular weight excluding hydrogens is 143 g/mol. The first-order chi connectivity index (χ1) is 3.98. The minimum absolute atomic E-state index is 1.66. The van der Waals surface area contributed by atoms with Gasteiger partial charge in [-0.1, -0.05) is 0 Å². The maximum absolute atomic E-state index is 11.5. The molecule has 0 aliphatic heterocycles. The lowest BCUT2D eigenvalue weighted by Gasteiger charge is -1.80. The van der Waals surface area contributed by atoms with Gasteiger partial charge >= 0.3 is 5.92 Å². The molecule has 0 N–H and O–H groups in total. The zero-order valence-corrected chi connectivity index (χ0v) is 3.97. The van der Waals surface area contributed by atoms with Crippen molar-refractivity contribution in [3.63, 3.8) is 0 Å². The molecular formula is C4HF5. The third-order valence-corrected chi connectivity index (χ3v) is 1.05. The zero-order valence-electron chi connectivity index (χ0n) is 3.97. The molecule has 0 bridgehead atoms. The molecule has 0 spiro atoms. The first kappa shape index (κ1) is 6.51. The van der Waals surface area contributed by atoms with Gasteiger partial charge in [-0.05, 0) is 0 Å². The molecule has 1 rings (SSSR count). The molecule has 52 valence electrons. The normalized spacial score (nSPS) is 30.3. The lowest BCUT2D eigenvalue weighted by Crippen LogP contribution is -1.90. The average molecular weight is 144 g/mol. The summed E-state index contributed by atoms with van der Waals surface area (Å²) in [4.78, 5) is 0. The van der Waals surface area contributed by atoms with E-state index < -0.39 is 23.7 Å². The smallest absolute Gasteiger partial charge is 0.235 e. The Morgan fingerprint density at radius 1 is 1.33 bits per heavy atom. The average Bonchev–Trinajstić information content (AvgIpc) is 2.07. The van der Waals surface area contributed by atoms with Crippen LogP contribution >= 0.6 is 0 Å². The summed E-state index contributed by atoms with van der Waals surface area (Å²) in [6.07, 6.45) is -5.35. The van der Waals surface area contributed by atoms with Gasteiger partial charge in [-0.2, -0.15) is 17.6 Å². The van der Waals surface area contributed by atoms with Gasteiger partial charge in [0, 0.05) is 0 Å². The van der Waals surface area contributed by atoms with Gasteiger partial charge in [-0.3, -0.25) is 0 Å². The maximum Gasteiger partial charge on any atom is 0.312 e. The van der Waals surface area contributed by atoms with Crippen LogP contribution in [0, 0.1) is 0 Å². The zero-order chi connectivity index (χ0) is 7.23. The number of alkyl halides is 3. The van der Waals surface area contributed by atoms with Crippen LogP contribution in [0.25, 0.3) is 0 Å². The number of halogens is 5. The fraction of sp³-hybridized carbons (Fsp3) is 0.500. The van der Waals surface area contributed by atoms with Crippen LogP contribution in [0.4, 0.5) is 22.0 Å². The highest BCUT2D eigenvalue weighted by Crippen LogP contribution is 2.52. The summed E-state index contributed by atoms with van der Waals surface area (Å²) < 4.78 is 56.8. The Labute approximate surface area is 47.0 Å². The lowest BCUT2D eigenvalue weighted by molar-refractivity contribution is 0.0939. The van der Waals surface area contributed by atoms with Crippen molar-refractivity contribution in [2.45, 2.75) is 12.1 Å². The standard InChI is InChI=1S/C4HF5/c5-2-1(3(6)7)4(2,8)9/h2H. The minimum Gasteiger partial charge on any atom is -0.235 e. The molecule has 0 aromatic rings. The molecule has 0 nitrogen and oxygen atoms in total. The van der Waals surface area contributed by atoms with Crippen LogP contribution in [0.5, 0.6) is 0 Å². The molecule has 0 radical (unpaired) electrons. The van der Waals surface area contributed by atoms with Gasteiger partial charge in [0.05, 0.1) is 0 Å². The summed E-state index contributed by atoms with van der Waals surface area (Å²) in [6, 6.07) is 0. The van der Waals surface area contributed by atoms with Crippen molar-refractivity contribution >= 4 is 0 Å². The van der Waals surface area contributed by atoms with Crippen molar-refractivity contribution in [2.75, 3.05) is 0 Å². The molecule has 0 saturated heterocycles. The second kappa shape index (κ2) is 1.46. The van der Waals surface area contributed by atoms with E-state index in [0.717, 1.165) is 0 Å². The quantitative estimate of drug-likeness (QED) is 0.457. The molecule has 1 aliphatic carbocycles. The Kier molecular flexibility index (Phi) is 1.05. The van der Waals surface area contributed by atoms with E-state index >= 15 is 0 Å². The van der Waals surface area contributed by atoms with E-state index in [2.05, 4.69) is 0 Å². The highest BCUT2D eigenvalue weighted by molar-refractivity contribution is 5.40. The van der Waals surface area contributed by atoms with E-state index in [1.54, 1.807) is 0 Å². The second-order valence-corrected chi connectivity index (χ2v) is 1.66. The van der Waals surface area contributed by atoms with Crippen LogP contribution in [0.15, 0.2) is 11.7 Å². The molecule has 1 saturated carbocycles. The topological polar surface area (TPSA) is 0 Å². The fourth-order valence-corrected chi connectivity index (χ4v) is 0.467. The number of hydrogen-bond acceptors (Lipinski definition) is 0. The van der Waals surface area contributed by atoms with Crippen LogP contribution < -0.4 is 0 Å². The van der Waals surface area contributed by atoms with Gasteiger partial charge < -0.3 is 0 Å². The largest absolute Gasteiger partial charge is 0.312 e. The Morgan fingerprint density at radius 3 is 1.67 bits per heavy atom. The number of hydrogen-bond donors (Lipinski definition) is 0. The maximum atomic E-state index is 11.5. The van der Waals surface area contributed by atoms with Crippen molar-refractivity contribution in [2.24, 2.45) is 0 Å². The monoisotopic (exact) mass is 144 g/mol. The second-order valence-electron chi connectivity index (χ2n) is 1.66. The molecule has 1 fully saturated rings. The van der Waals surface area contributed by atoms with Crippen LogP contribution in [0.2, 0.25) is 0 Å². The van der Waals surface area contributed by atoms with E-state index in [1.807, 2.05) is 0 Å². The SMILES string of the molecule is FC(F)=C1C(F)C1(F)F. The summed E-state index contributed by atoms with van der Waals surface area (Å²) in [5.74, 6) is -3.89. The molecule has 1 atom stereocenters. The molecule has 0 amide bonds. The Balaban J connectivity index is 2.86. The van der Waals surface area contributed by atoms with Gasteiger partial charge in [-0.25, -0.2) is 4.39 Å². The first-order valence-corrected chi connectivity index (χ1v) is 2.05. The summed E-state index contributed by atoms with van der Waals surface area (Å²) in [6.45, 7) is 0. The molecule has 1 unspecified atom stereocenters. The van der Waals surface area contributed by atoms with E-state index in [9.17, 15) is 22.0 Å². The van der Waals surface area contributed by atoms with Crippen molar-refractivity contribution < 1.29 is 22.0 Å². The summed E-state index contributed by atoms with van der Waals surface area (Å²) in [5, 5.41) is 0. The van der Waals surface area contributed by atoms with Crippen molar-refractivity contribution in [3.05, 3.63) is 11.7 Å². The summed E-state index contributed by atoms with van der Waals surface area (Å²) in [7, 11) is 0. The lowest BCUT2D eigenvalue weighted by atomic mass is 10.6. The van der Waals surface area contributed by atoms with Crippen LogP contribution in [-0.2, 0) is 0 Å². The van der Waals surface area contributed by atoms with E-state index in [-0.39, 0.29) is 0 Å². The Bertz CT molecular complexity index is 166. The molecule has 9 heavy (non-hydrogen) atoms.